The Morgan fingerprint density at radius 3 is 1.90 bits per heavy atom. The van der Waals surface area contributed by atoms with Crippen LogP contribution in [0.1, 0.15) is 17.3 Å². The predicted molar refractivity (Wildman–Crippen MR) is 78.8 cm³/mol. The Morgan fingerprint density at radius 2 is 1.43 bits per heavy atom. The van der Waals surface area contributed by atoms with Gasteiger partial charge in [-0.2, -0.15) is 0 Å². The molecule has 0 aromatic heterocycles. The fourth-order valence-electron chi connectivity index (χ4n) is 1.58. The van der Waals surface area contributed by atoms with Gasteiger partial charge in [-0.3, -0.25) is 9.32 Å². The van der Waals surface area contributed by atoms with Crippen molar-refractivity contribution < 1.29 is 22.9 Å². The number of ketones is 1. The quantitative estimate of drug-likeness (QED) is 0.594. The van der Waals surface area contributed by atoms with Crippen molar-refractivity contribution in [2.45, 2.75) is 6.92 Å². The molecular weight excluding hydrogens is 291 g/mol. The lowest BCUT2D eigenvalue weighted by atomic mass is 10.1. The summed E-state index contributed by atoms with van der Waals surface area (Å²) in [5.74, 6) is 0.612. The number of phosphoric acid groups is 1. The summed E-state index contributed by atoms with van der Waals surface area (Å²) >= 11 is 0. The van der Waals surface area contributed by atoms with E-state index in [0.29, 0.717) is 17.1 Å². The number of hydrogen-bond donors (Lipinski definition) is 0. The van der Waals surface area contributed by atoms with Crippen molar-refractivity contribution in [1.82, 2.24) is 0 Å². The zero-order valence-corrected chi connectivity index (χ0v) is 12.6. The van der Waals surface area contributed by atoms with Crippen molar-refractivity contribution in [2.24, 2.45) is 0 Å². The average Bonchev–Trinajstić information content (AvgIpc) is 2.48. The van der Waals surface area contributed by atoms with E-state index < -0.39 is 7.82 Å². The van der Waals surface area contributed by atoms with Gasteiger partial charge in [-0.05, 0) is 43.3 Å². The van der Waals surface area contributed by atoms with Gasteiger partial charge in [0.15, 0.2) is 5.78 Å². The summed E-state index contributed by atoms with van der Waals surface area (Å²) in [6.45, 7) is 1.47. The molecule has 0 spiro atoms. The first-order valence-electron chi connectivity index (χ1n) is 6.23. The van der Waals surface area contributed by atoms with Gasteiger partial charge >= 0.3 is 7.82 Å². The molecule has 1 atom stereocenters. The molecule has 5 nitrogen and oxygen atoms in total. The van der Waals surface area contributed by atoms with Crippen LogP contribution in [0.2, 0.25) is 0 Å². The van der Waals surface area contributed by atoms with Crippen LogP contribution in [0.25, 0.3) is 0 Å². The third-order valence-corrected chi connectivity index (χ3v) is 3.98. The summed E-state index contributed by atoms with van der Waals surface area (Å²) in [6, 6.07) is 14.8. The smallest absolute Gasteiger partial charge is 0.395 e. The van der Waals surface area contributed by atoms with Crippen molar-refractivity contribution in [3.63, 3.8) is 0 Å². The Morgan fingerprint density at radius 1 is 0.905 bits per heavy atom. The minimum atomic E-state index is -3.77. The number of rotatable bonds is 6. The summed E-state index contributed by atoms with van der Waals surface area (Å²) in [6.07, 6.45) is 0. The van der Waals surface area contributed by atoms with E-state index in [-0.39, 0.29) is 5.78 Å². The minimum Gasteiger partial charge on any atom is -0.395 e. The van der Waals surface area contributed by atoms with E-state index >= 15 is 0 Å². The van der Waals surface area contributed by atoms with Crippen LogP contribution in [-0.4, -0.2) is 12.9 Å². The lowest BCUT2D eigenvalue weighted by molar-refractivity contribution is 0.101. The maximum atomic E-state index is 12.4. The van der Waals surface area contributed by atoms with Crippen LogP contribution in [0.15, 0.2) is 54.6 Å². The number of carbonyl (C=O) groups is 1. The number of hydrogen-bond acceptors (Lipinski definition) is 5. The molecule has 110 valence electrons. The Kier molecular flexibility index (Phi) is 4.78. The zero-order chi connectivity index (χ0) is 15.3. The second kappa shape index (κ2) is 6.57. The molecule has 0 aliphatic heterocycles. The number of benzene rings is 2. The van der Waals surface area contributed by atoms with Gasteiger partial charge in [0.1, 0.15) is 11.5 Å². The topological polar surface area (TPSA) is 61.8 Å². The maximum Gasteiger partial charge on any atom is 0.587 e. The normalized spacial score (nSPS) is 13.2. The van der Waals surface area contributed by atoms with E-state index in [1.165, 1.54) is 26.2 Å². The first kappa shape index (κ1) is 15.3. The molecular formula is C15H15O5P. The molecule has 2 aromatic carbocycles. The lowest BCUT2D eigenvalue weighted by Gasteiger charge is -2.17. The van der Waals surface area contributed by atoms with E-state index in [1.807, 2.05) is 6.07 Å². The van der Waals surface area contributed by atoms with Crippen molar-refractivity contribution in [3.8, 4) is 11.5 Å². The average molecular weight is 306 g/mol. The van der Waals surface area contributed by atoms with Crippen LogP contribution < -0.4 is 9.05 Å². The highest BCUT2D eigenvalue weighted by molar-refractivity contribution is 7.49. The number of phosphoric ester groups is 1. The Balaban J connectivity index is 2.14. The van der Waals surface area contributed by atoms with Crippen molar-refractivity contribution >= 4 is 13.6 Å². The largest absolute Gasteiger partial charge is 0.587 e. The standard InChI is InChI=1S/C15H15O5P/c1-12(16)13-8-10-15(11-9-13)20-21(17,18-2)19-14-6-4-3-5-7-14/h3-11H,1-2H3. The highest BCUT2D eigenvalue weighted by Gasteiger charge is 2.28. The van der Waals surface area contributed by atoms with Gasteiger partial charge in [-0.1, -0.05) is 18.2 Å². The maximum absolute atomic E-state index is 12.4. The molecule has 0 aliphatic rings. The third-order valence-electron chi connectivity index (χ3n) is 2.66. The second-order valence-electron chi connectivity index (χ2n) is 4.21. The molecule has 0 fully saturated rings. The Bertz CT molecular complexity index is 652. The molecule has 0 saturated heterocycles. The van der Waals surface area contributed by atoms with Gasteiger partial charge in [0.2, 0.25) is 0 Å². The van der Waals surface area contributed by atoms with Gasteiger partial charge in [-0.15, -0.1) is 0 Å². The molecule has 1 unspecified atom stereocenters. The van der Waals surface area contributed by atoms with Crippen LogP contribution >= 0.6 is 7.82 Å². The van der Waals surface area contributed by atoms with Crippen molar-refractivity contribution in [1.29, 1.82) is 0 Å². The van der Waals surface area contributed by atoms with Gasteiger partial charge in [0.05, 0.1) is 0 Å². The van der Waals surface area contributed by atoms with Crippen LogP contribution in [0.5, 0.6) is 11.5 Å². The molecule has 2 rings (SSSR count). The van der Waals surface area contributed by atoms with Crippen molar-refractivity contribution in [2.75, 3.05) is 7.11 Å². The molecule has 0 heterocycles. The van der Waals surface area contributed by atoms with Gasteiger partial charge < -0.3 is 9.05 Å². The molecule has 0 saturated carbocycles. The summed E-state index contributed by atoms with van der Waals surface area (Å²) in [5, 5.41) is 0. The summed E-state index contributed by atoms with van der Waals surface area (Å²) < 4.78 is 27.8. The van der Waals surface area contributed by atoms with E-state index in [0.717, 1.165) is 0 Å². The van der Waals surface area contributed by atoms with Gasteiger partial charge in [-0.25, -0.2) is 4.57 Å². The highest BCUT2D eigenvalue weighted by atomic mass is 31.2. The molecule has 21 heavy (non-hydrogen) atoms. The molecule has 2 aromatic rings. The fraction of sp³-hybridized carbons (Fsp3) is 0.133. The Hall–Kier alpha value is -2.10. The summed E-state index contributed by atoms with van der Waals surface area (Å²) in [7, 11) is -2.52. The van der Waals surface area contributed by atoms with Crippen LogP contribution in [0.4, 0.5) is 0 Å². The van der Waals surface area contributed by atoms with E-state index in [4.69, 9.17) is 13.6 Å². The monoisotopic (exact) mass is 306 g/mol. The van der Waals surface area contributed by atoms with Crippen LogP contribution in [-0.2, 0) is 9.09 Å². The summed E-state index contributed by atoms with van der Waals surface area (Å²) in [4.78, 5) is 11.2. The number of carbonyl (C=O) groups excluding carboxylic acids is 1. The van der Waals surface area contributed by atoms with E-state index in [1.54, 1.807) is 36.4 Å². The molecule has 0 N–H and O–H groups in total. The predicted octanol–water partition coefficient (Wildman–Crippen LogP) is 4.10. The SMILES string of the molecule is COP(=O)(Oc1ccccc1)Oc1ccc(C(C)=O)cc1. The zero-order valence-electron chi connectivity index (χ0n) is 11.7. The third kappa shape index (κ3) is 4.18. The Labute approximate surface area is 123 Å². The number of para-hydroxylation sites is 1. The van der Waals surface area contributed by atoms with Gasteiger partial charge in [0, 0.05) is 12.7 Å². The minimum absolute atomic E-state index is 0.0583. The van der Waals surface area contributed by atoms with E-state index in [9.17, 15) is 9.36 Å². The molecule has 0 radical (unpaired) electrons. The van der Waals surface area contributed by atoms with Crippen LogP contribution in [0, 0.1) is 0 Å². The number of Topliss-reactive ketones (excluding diaryl/α,β-unsaturated/α-hetero) is 1. The molecule has 6 heteroatoms. The fourth-order valence-corrected chi connectivity index (χ4v) is 2.53. The van der Waals surface area contributed by atoms with Crippen LogP contribution in [0.3, 0.4) is 0 Å². The van der Waals surface area contributed by atoms with E-state index in [2.05, 4.69) is 0 Å². The molecule has 0 aliphatic carbocycles. The van der Waals surface area contributed by atoms with Gasteiger partial charge in [0.25, 0.3) is 0 Å². The molecule has 0 amide bonds. The first-order valence-corrected chi connectivity index (χ1v) is 7.69. The highest BCUT2D eigenvalue weighted by Crippen LogP contribution is 2.48. The molecule has 0 bridgehead atoms. The second-order valence-corrected chi connectivity index (χ2v) is 5.83. The van der Waals surface area contributed by atoms with Crippen molar-refractivity contribution in [3.05, 3.63) is 60.2 Å². The first-order chi connectivity index (χ1) is 10.0. The lowest BCUT2D eigenvalue weighted by Crippen LogP contribution is -2.03. The summed E-state index contributed by atoms with van der Waals surface area (Å²) in [5.41, 5.74) is 0.540.